The van der Waals surface area contributed by atoms with Crippen LogP contribution in [-0.2, 0) is 4.74 Å². The molecule has 0 atom stereocenters. The maximum atomic E-state index is 5.69. The molecule has 0 amide bonds. The fraction of sp³-hybridized carbons (Fsp3) is 0.448. The van der Waals surface area contributed by atoms with Gasteiger partial charge in [0.2, 0.25) is 11.8 Å². The standard InChI is InChI=1S/C29H32N8O2/c1-18-23(12-31-26-25(18)30-5-6-39-26)19-3-4-20-10-32-27(35-24(20)7-19)34-21-11-33-37(13-21)22-8-29(9-22)14-36(15-29)28(2)16-38-17-28/h3-4,7,10-13,22,30H,5-6,8-9,14-17H2,1-2H3,(H,32,34,35). The second-order valence-electron chi connectivity index (χ2n) is 12.0. The molecule has 1 aromatic carbocycles. The summed E-state index contributed by atoms with van der Waals surface area (Å²) in [6.07, 6.45) is 10.1. The fourth-order valence-corrected chi connectivity index (χ4v) is 6.60. The van der Waals surface area contributed by atoms with Crippen LogP contribution < -0.4 is 15.4 Å². The first-order valence-electron chi connectivity index (χ1n) is 13.7. The maximum Gasteiger partial charge on any atom is 0.237 e. The molecule has 2 saturated heterocycles. The molecule has 1 aliphatic carbocycles. The zero-order valence-corrected chi connectivity index (χ0v) is 22.3. The van der Waals surface area contributed by atoms with Gasteiger partial charge < -0.3 is 20.1 Å². The third-order valence-electron chi connectivity index (χ3n) is 9.05. The normalized spacial score (nSPS) is 21.3. The van der Waals surface area contributed by atoms with Gasteiger partial charge in [-0.2, -0.15) is 5.10 Å². The Morgan fingerprint density at radius 3 is 2.79 bits per heavy atom. The highest BCUT2D eigenvalue weighted by Crippen LogP contribution is 2.56. The van der Waals surface area contributed by atoms with E-state index >= 15 is 0 Å². The molecular weight excluding hydrogens is 492 g/mol. The first-order chi connectivity index (χ1) is 19.0. The summed E-state index contributed by atoms with van der Waals surface area (Å²) < 4.78 is 13.2. The Morgan fingerprint density at radius 1 is 1.10 bits per heavy atom. The predicted octanol–water partition coefficient (Wildman–Crippen LogP) is 4.17. The zero-order chi connectivity index (χ0) is 26.2. The van der Waals surface area contributed by atoms with Gasteiger partial charge >= 0.3 is 0 Å². The van der Waals surface area contributed by atoms with E-state index in [2.05, 4.69) is 73.5 Å². The summed E-state index contributed by atoms with van der Waals surface area (Å²) in [5, 5.41) is 12.4. The van der Waals surface area contributed by atoms with Crippen molar-refractivity contribution in [1.29, 1.82) is 0 Å². The maximum absolute atomic E-state index is 5.69. The average molecular weight is 525 g/mol. The van der Waals surface area contributed by atoms with Gasteiger partial charge in [0.05, 0.1) is 42.2 Å². The van der Waals surface area contributed by atoms with Crippen LogP contribution in [0, 0.1) is 12.3 Å². The molecule has 0 bridgehead atoms. The Balaban J connectivity index is 0.966. The van der Waals surface area contributed by atoms with E-state index in [9.17, 15) is 0 Å². The number of hydrogen-bond donors (Lipinski definition) is 2. The van der Waals surface area contributed by atoms with Gasteiger partial charge in [-0.25, -0.2) is 15.0 Å². The van der Waals surface area contributed by atoms with Crippen molar-refractivity contribution in [3.8, 4) is 17.0 Å². The molecular formula is C29H32N8O2. The van der Waals surface area contributed by atoms with Crippen LogP contribution in [0.25, 0.3) is 22.0 Å². The van der Waals surface area contributed by atoms with Gasteiger partial charge in [-0.05, 0) is 49.3 Å². The molecule has 39 heavy (non-hydrogen) atoms. The lowest BCUT2D eigenvalue weighted by Gasteiger charge is -2.65. The van der Waals surface area contributed by atoms with Gasteiger partial charge in [0.1, 0.15) is 12.3 Å². The summed E-state index contributed by atoms with van der Waals surface area (Å²) >= 11 is 0. The topological polar surface area (TPSA) is 102 Å². The molecule has 1 spiro atoms. The predicted molar refractivity (Wildman–Crippen MR) is 149 cm³/mol. The lowest BCUT2D eigenvalue weighted by atomic mass is 9.59. The molecule has 10 heteroatoms. The number of anilines is 3. The lowest BCUT2D eigenvalue weighted by Crippen LogP contribution is -2.73. The highest BCUT2D eigenvalue weighted by Gasteiger charge is 2.58. The Hall–Kier alpha value is -3.76. The molecule has 0 radical (unpaired) electrons. The third kappa shape index (κ3) is 3.76. The van der Waals surface area contributed by atoms with Crippen LogP contribution in [0.2, 0.25) is 0 Å². The number of hydrogen-bond acceptors (Lipinski definition) is 9. The molecule has 3 aliphatic heterocycles. The van der Waals surface area contributed by atoms with E-state index in [0.29, 0.717) is 29.9 Å². The van der Waals surface area contributed by atoms with Crippen molar-refractivity contribution in [2.24, 2.45) is 5.41 Å². The number of nitrogens with one attached hydrogen (secondary N) is 2. The quantitative estimate of drug-likeness (QED) is 0.398. The van der Waals surface area contributed by atoms with Crippen LogP contribution in [0.1, 0.15) is 31.4 Å². The largest absolute Gasteiger partial charge is 0.474 e. The molecule has 3 fully saturated rings. The number of pyridine rings is 1. The molecule has 1 saturated carbocycles. The van der Waals surface area contributed by atoms with Crippen molar-refractivity contribution >= 4 is 28.2 Å². The van der Waals surface area contributed by atoms with E-state index in [4.69, 9.17) is 14.5 Å². The summed E-state index contributed by atoms with van der Waals surface area (Å²) in [6.45, 7) is 9.96. The molecule has 200 valence electrons. The van der Waals surface area contributed by atoms with Crippen molar-refractivity contribution in [3.05, 3.63) is 48.5 Å². The van der Waals surface area contributed by atoms with Crippen molar-refractivity contribution in [2.45, 2.75) is 38.3 Å². The van der Waals surface area contributed by atoms with E-state index in [-0.39, 0.29) is 5.54 Å². The monoisotopic (exact) mass is 524 g/mol. The minimum atomic E-state index is 0.266. The molecule has 10 nitrogen and oxygen atoms in total. The Bertz CT molecular complexity index is 1580. The van der Waals surface area contributed by atoms with Crippen LogP contribution in [0.4, 0.5) is 17.3 Å². The summed E-state index contributed by atoms with van der Waals surface area (Å²) in [7, 11) is 0. The Kier molecular flexibility index (Phi) is 4.97. The fourth-order valence-electron chi connectivity index (χ4n) is 6.60. The minimum Gasteiger partial charge on any atom is -0.474 e. The summed E-state index contributed by atoms with van der Waals surface area (Å²) in [5.74, 6) is 1.23. The number of benzene rings is 1. The highest BCUT2D eigenvalue weighted by molar-refractivity contribution is 5.86. The van der Waals surface area contributed by atoms with E-state index in [0.717, 1.165) is 58.7 Å². The number of ether oxygens (including phenoxy) is 2. The molecule has 2 N–H and O–H groups in total. The average Bonchev–Trinajstić information content (AvgIpc) is 3.34. The molecule has 3 aromatic heterocycles. The zero-order valence-electron chi connectivity index (χ0n) is 22.3. The number of fused-ring (bicyclic) bond motifs is 2. The van der Waals surface area contributed by atoms with Gasteiger partial charge in [-0.3, -0.25) is 9.58 Å². The van der Waals surface area contributed by atoms with Crippen LogP contribution in [0.3, 0.4) is 0 Å². The van der Waals surface area contributed by atoms with Crippen molar-refractivity contribution in [1.82, 2.24) is 29.6 Å². The SMILES string of the molecule is Cc1c(-c2ccc3cnc(Nc4cnn(C5CC6(C5)CN(C5(C)COC5)C6)c4)nc3c2)cnc2c1NCCO2. The minimum absolute atomic E-state index is 0.266. The van der Waals surface area contributed by atoms with Crippen molar-refractivity contribution in [2.75, 3.05) is 50.1 Å². The smallest absolute Gasteiger partial charge is 0.237 e. The number of nitrogens with zero attached hydrogens (tertiary/aromatic N) is 6. The van der Waals surface area contributed by atoms with E-state index in [1.165, 1.54) is 25.9 Å². The highest BCUT2D eigenvalue weighted by atomic mass is 16.5. The molecule has 0 unspecified atom stereocenters. The molecule has 8 rings (SSSR count). The molecule has 4 aliphatic rings. The molecule has 6 heterocycles. The molecule has 4 aromatic rings. The third-order valence-corrected chi connectivity index (χ3v) is 9.05. The summed E-state index contributed by atoms with van der Waals surface area (Å²) in [6, 6.07) is 6.71. The Labute approximate surface area is 226 Å². The second kappa shape index (κ2) is 8.37. The van der Waals surface area contributed by atoms with Crippen molar-refractivity contribution in [3.63, 3.8) is 0 Å². The van der Waals surface area contributed by atoms with Gasteiger partial charge in [-0.1, -0.05) is 12.1 Å². The van der Waals surface area contributed by atoms with Gasteiger partial charge in [0.15, 0.2) is 0 Å². The van der Waals surface area contributed by atoms with Crippen LogP contribution in [0.5, 0.6) is 5.88 Å². The second-order valence-corrected chi connectivity index (χ2v) is 12.0. The van der Waals surface area contributed by atoms with Gasteiger partial charge in [-0.15, -0.1) is 0 Å². The number of aromatic nitrogens is 5. The first-order valence-corrected chi connectivity index (χ1v) is 13.7. The number of rotatable bonds is 5. The van der Waals surface area contributed by atoms with Crippen molar-refractivity contribution < 1.29 is 9.47 Å². The van der Waals surface area contributed by atoms with E-state index in [1.807, 2.05) is 18.6 Å². The van der Waals surface area contributed by atoms with E-state index < -0.39 is 0 Å². The van der Waals surface area contributed by atoms with E-state index in [1.54, 1.807) is 0 Å². The van der Waals surface area contributed by atoms with Crippen LogP contribution >= 0.6 is 0 Å². The summed E-state index contributed by atoms with van der Waals surface area (Å²) in [5.41, 5.74) is 6.73. The van der Waals surface area contributed by atoms with Gasteiger partial charge in [0, 0.05) is 49.2 Å². The van der Waals surface area contributed by atoms with Gasteiger partial charge in [0.25, 0.3) is 0 Å². The van der Waals surface area contributed by atoms with Crippen LogP contribution in [0.15, 0.2) is 43.0 Å². The Morgan fingerprint density at radius 2 is 1.97 bits per heavy atom. The lowest BCUT2D eigenvalue weighted by molar-refractivity contribution is -0.210. The first kappa shape index (κ1) is 23.2. The summed E-state index contributed by atoms with van der Waals surface area (Å²) in [4.78, 5) is 16.5. The van der Waals surface area contributed by atoms with Crippen LogP contribution in [-0.4, -0.2) is 74.6 Å². The number of likely N-dealkylation sites (tertiary alicyclic amines) is 1.